The molecule has 0 saturated heterocycles. The van der Waals surface area contributed by atoms with Crippen LogP contribution in [0.1, 0.15) is 11.4 Å². The number of halogens is 2. The van der Waals surface area contributed by atoms with Gasteiger partial charge < -0.3 is 9.64 Å². The minimum Gasteiger partial charge on any atom is -0.486 e. The monoisotopic (exact) mass is 420 g/mol. The fourth-order valence-electron chi connectivity index (χ4n) is 2.28. The average molecular weight is 421 g/mol. The van der Waals surface area contributed by atoms with Crippen LogP contribution < -0.4 is 4.74 Å². The summed E-state index contributed by atoms with van der Waals surface area (Å²) >= 11 is 7.07. The number of H-pyrrole nitrogens is 1. The van der Waals surface area contributed by atoms with E-state index in [0.717, 1.165) is 5.56 Å². The second kappa shape index (κ2) is 9.57. The first kappa shape index (κ1) is 20.2. The number of aromatic nitrogens is 3. The molecule has 0 bridgehead atoms. The van der Waals surface area contributed by atoms with E-state index < -0.39 is 0 Å². The minimum absolute atomic E-state index is 0.0712. The number of rotatable bonds is 8. The van der Waals surface area contributed by atoms with Crippen molar-refractivity contribution in [2.24, 2.45) is 0 Å². The van der Waals surface area contributed by atoms with Gasteiger partial charge in [0.2, 0.25) is 11.1 Å². The van der Waals surface area contributed by atoms with Gasteiger partial charge in [0.1, 0.15) is 18.2 Å². The van der Waals surface area contributed by atoms with Crippen LogP contribution in [0.15, 0.2) is 53.7 Å². The Morgan fingerprint density at radius 2 is 1.93 bits per heavy atom. The molecule has 0 radical (unpaired) electrons. The van der Waals surface area contributed by atoms with E-state index in [1.165, 1.54) is 23.9 Å². The summed E-state index contributed by atoms with van der Waals surface area (Å²) < 4.78 is 18.5. The Kier molecular flexibility index (Phi) is 6.89. The Morgan fingerprint density at radius 3 is 2.64 bits per heavy atom. The van der Waals surface area contributed by atoms with Crippen molar-refractivity contribution in [1.82, 2.24) is 20.1 Å². The quantitative estimate of drug-likeness (QED) is 0.559. The fraction of sp³-hybridized carbons (Fsp3) is 0.211. The van der Waals surface area contributed by atoms with Crippen LogP contribution in [-0.4, -0.2) is 38.8 Å². The van der Waals surface area contributed by atoms with Gasteiger partial charge in [-0.25, -0.2) is 9.37 Å². The van der Waals surface area contributed by atoms with Gasteiger partial charge in [0.05, 0.1) is 5.75 Å². The lowest BCUT2D eigenvalue weighted by atomic mass is 10.2. The maximum Gasteiger partial charge on any atom is 0.233 e. The SMILES string of the molecule is CN(Cc1ccc(F)cc1)C(=O)CSc1n[nH]c(COc2ccc(Cl)cc2)n1. The van der Waals surface area contributed by atoms with E-state index in [9.17, 15) is 9.18 Å². The van der Waals surface area contributed by atoms with Gasteiger partial charge in [-0.15, -0.1) is 5.10 Å². The summed E-state index contributed by atoms with van der Waals surface area (Å²) in [4.78, 5) is 18.1. The molecule has 0 aliphatic carbocycles. The predicted octanol–water partition coefficient (Wildman–Crippen LogP) is 3.93. The van der Waals surface area contributed by atoms with Gasteiger partial charge in [0, 0.05) is 18.6 Å². The standard InChI is InChI=1S/C19H18ClFN4O2S/c1-25(10-13-2-6-15(21)7-3-13)18(26)12-28-19-22-17(23-24-19)11-27-16-8-4-14(20)5-9-16/h2-9H,10-12H2,1H3,(H,22,23,24). The third-order valence-corrected chi connectivity index (χ3v) is 4.87. The zero-order valence-corrected chi connectivity index (χ0v) is 16.6. The van der Waals surface area contributed by atoms with Gasteiger partial charge in [0.15, 0.2) is 5.82 Å². The molecule has 1 aromatic heterocycles. The lowest BCUT2D eigenvalue weighted by Crippen LogP contribution is -2.27. The third kappa shape index (κ3) is 5.97. The van der Waals surface area contributed by atoms with Crippen LogP contribution in [0.25, 0.3) is 0 Å². The Morgan fingerprint density at radius 1 is 1.21 bits per heavy atom. The second-order valence-corrected chi connectivity index (χ2v) is 7.35. The Hall–Kier alpha value is -2.58. The molecule has 2 aromatic carbocycles. The molecule has 0 saturated carbocycles. The van der Waals surface area contributed by atoms with Crippen molar-refractivity contribution in [1.29, 1.82) is 0 Å². The van der Waals surface area contributed by atoms with E-state index in [2.05, 4.69) is 15.2 Å². The number of hydrogen-bond acceptors (Lipinski definition) is 5. The summed E-state index contributed by atoms with van der Waals surface area (Å²) in [5.41, 5.74) is 0.863. The molecule has 6 nitrogen and oxygen atoms in total. The van der Waals surface area contributed by atoms with Crippen LogP contribution >= 0.6 is 23.4 Å². The first-order valence-corrected chi connectivity index (χ1v) is 9.77. The van der Waals surface area contributed by atoms with Gasteiger partial charge in [-0.1, -0.05) is 35.5 Å². The van der Waals surface area contributed by atoms with E-state index in [0.29, 0.717) is 28.3 Å². The smallest absolute Gasteiger partial charge is 0.233 e. The number of ether oxygens (including phenoxy) is 1. The van der Waals surface area contributed by atoms with Crippen LogP contribution in [0, 0.1) is 5.82 Å². The number of benzene rings is 2. The maximum atomic E-state index is 12.9. The number of aromatic amines is 1. The highest BCUT2D eigenvalue weighted by molar-refractivity contribution is 7.99. The maximum absolute atomic E-state index is 12.9. The molecule has 0 unspecified atom stereocenters. The number of hydrogen-bond donors (Lipinski definition) is 1. The topological polar surface area (TPSA) is 71.1 Å². The molecule has 3 aromatic rings. The molecule has 0 aliphatic heterocycles. The van der Waals surface area contributed by atoms with Gasteiger partial charge in [-0.2, -0.15) is 0 Å². The fourth-order valence-corrected chi connectivity index (χ4v) is 3.16. The van der Waals surface area contributed by atoms with Crippen LogP contribution in [0.3, 0.4) is 0 Å². The molecule has 3 rings (SSSR count). The van der Waals surface area contributed by atoms with Crippen LogP contribution in [0.5, 0.6) is 5.75 Å². The van der Waals surface area contributed by atoms with Crippen molar-refractivity contribution in [2.75, 3.05) is 12.8 Å². The van der Waals surface area contributed by atoms with Crippen LogP contribution in [0.4, 0.5) is 4.39 Å². The molecule has 0 atom stereocenters. The number of carbonyl (C=O) groups excluding carboxylic acids is 1. The Balaban J connectivity index is 1.44. The van der Waals surface area contributed by atoms with Gasteiger partial charge in [0.25, 0.3) is 0 Å². The molecule has 1 amide bonds. The molecular weight excluding hydrogens is 403 g/mol. The molecule has 146 valence electrons. The van der Waals surface area contributed by atoms with E-state index in [1.54, 1.807) is 48.3 Å². The third-order valence-electron chi connectivity index (χ3n) is 3.78. The molecule has 0 fully saturated rings. The Labute approximate surface area is 171 Å². The molecule has 1 N–H and O–H groups in total. The summed E-state index contributed by atoms with van der Waals surface area (Å²) in [5, 5.41) is 7.98. The van der Waals surface area contributed by atoms with Crippen molar-refractivity contribution in [3.05, 3.63) is 70.8 Å². The van der Waals surface area contributed by atoms with Crippen molar-refractivity contribution >= 4 is 29.3 Å². The molecule has 1 heterocycles. The highest BCUT2D eigenvalue weighted by Crippen LogP contribution is 2.18. The van der Waals surface area contributed by atoms with Crippen LogP contribution in [-0.2, 0) is 17.9 Å². The summed E-state index contributed by atoms with van der Waals surface area (Å²) in [6, 6.07) is 13.1. The van der Waals surface area contributed by atoms with E-state index in [1.807, 2.05) is 0 Å². The predicted molar refractivity (Wildman–Crippen MR) is 106 cm³/mol. The number of amides is 1. The van der Waals surface area contributed by atoms with E-state index >= 15 is 0 Å². The highest BCUT2D eigenvalue weighted by atomic mass is 35.5. The molecule has 28 heavy (non-hydrogen) atoms. The molecular formula is C19H18ClFN4O2S. The summed E-state index contributed by atoms with van der Waals surface area (Å²) in [5.74, 6) is 1.07. The first-order chi connectivity index (χ1) is 13.5. The van der Waals surface area contributed by atoms with E-state index in [4.69, 9.17) is 16.3 Å². The first-order valence-electron chi connectivity index (χ1n) is 8.40. The molecule has 0 aliphatic rings. The molecule has 9 heteroatoms. The van der Waals surface area contributed by atoms with Crippen molar-refractivity contribution < 1.29 is 13.9 Å². The number of nitrogens with zero attached hydrogens (tertiary/aromatic N) is 3. The van der Waals surface area contributed by atoms with Crippen molar-refractivity contribution in [3.63, 3.8) is 0 Å². The zero-order chi connectivity index (χ0) is 19.9. The number of thioether (sulfide) groups is 1. The van der Waals surface area contributed by atoms with Gasteiger partial charge in [-0.05, 0) is 42.0 Å². The normalized spacial score (nSPS) is 10.7. The summed E-state index contributed by atoms with van der Waals surface area (Å²) in [7, 11) is 1.70. The van der Waals surface area contributed by atoms with Crippen molar-refractivity contribution in [2.45, 2.75) is 18.3 Å². The van der Waals surface area contributed by atoms with Crippen LogP contribution in [0.2, 0.25) is 5.02 Å². The number of nitrogens with one attached hydrogen (secondary N) is 1. The van der Waals surface area contributed by atoms with Crippen molar-refractivity contribution in [3.8, 4) is 5.75 Å². The van der Waals surface area contributed by atoms with Gasteiger partial charge in [-0.3, -0.25) is 9.89 Å². The minimum atomic E-state index is -0.297. The summed E-state index contributed by atoms with van der Waals surface area (Å²) in [6.07, 6.45) is 0. The lowest BCUT2D eigenvalue weighted by molar-refractivity contribution is -0.127. The van der Waals surface area contributed by atoms with Gasteiger partial charge >= 0.3 is 0 Å². The molecule has 0 spiro atoms. The number of carbonyl (C=O) groups is 1. The largest absolute Gasteiger partial charge is 0.486 e. The van der Waals surface area contributed by atoms with E-state index in [-0.39, 0.29) is 24.1 Å². The average Bonchev–Trinajstić information content (AvgIpc) is 3.15. The zero-order valence-electron chi connectivity index (χ0n) is 15.1. The highest BCUT2D eigenvalue weighted by Gasteiger charge is 2.12. The lowest BCUT2D eigenvalue weighted by Gasteiger charge is -2.16. The second-order valence-electron chi connectivity index (χ2n) is 5.97. The summed E-state index contributed by atoms with van der Waals surface area (Å²) in [6.45, 7) is 0.640. The Bertz CT molecular complexity index is 918.